The van der Waals surface area contributed by atoms with Gasteiger partial charge in [0.25, 0.3) is 0 Å². The van der Waals surface area contributed by atoms with Crippen LogP contribution in [0.3, 0.4) is 0 Å². The largest absolute Gasteiger partial charge is 0.384 e. The lowest BCUT2D eigenvalue weighted by Gasteiger charge is -1.91. The molecule has 2 rings (SSSR count). The van der Waals surface area contributed by atoms with Crippen molar-refractivity contribution in [3.63, 3.8) is 0 Å². The molecule has 2 heterocycles. The number of rotatable bonds is 3. The number of aromatic nitrogens is 2. The van der Waals surface area contributed by atoms with Gasteiger partial charge in [0.05, 0.1) is 0 Å². The Balaban J connectivity index is 1.93. The van der Waals surface area contributed by atoms with E-state index in [9.17, 15) is 0 Å². The van der Waals surface area contributed by atoms with Crippen LogP contribution in [0.4, 0.5) is 0 Å². The van der Waals surface area contributed by atoms with E-state index in [0.29, 0.717) is 0 Å². The Labute approximate surface area is 106 Å². The van der Waals surface area contributed by atoms with Crippen molar-refractivity contribution in [2.45, 2.75) is 10.1 Å². The van der Waals surface area contributed by atoms with E-state index in [0.717, 1.165) is 15.7 Å². The van der Waals surface area contributed by atoms with Crippen LogP contribution >= 0.6 is 34.4 Å². The lowest BCUT2D eigenvalue weighted by Crippen LogP contribution is -1.75. The molecule has 0 aliphatic carbocycles. The molecule has 0 radical (unpaired) electrons. The molecule has 0 saturated heterocycles. The fourth-order valence-corrected chi connectivity index (χ4v) is 3.38. The first kappa shape index (κ1) is 11.6. The Hall–Kier alpha value is -0.870. The van der Waals surface area contributed by atoms with Crippen LogP contribution in [0.1, 0.15) is 10.4 Å². The van der Waals surface area contributed by atoms with Gasteiger partial charge >= 0.3 is 0 Å². The van der Waals surface area contributed by atoms with Crippen LogP contribution in [0.25, 0.3) is 0 Å². The van der Waals surface area contributed by atoms with Gasteiger partial charge in [0.15, 0.2) is 4.34 Å². The summed E-state index contributed by atoms with van der Waals surface area (Å²) in [5, 5.41) is 18.3. The van der Waals surface area contributed by atoms with Crippen molar-refractivity contribution in [1.29, 1.82) is 0 Å². The number of nitrogens with zero attached hydrogens (tertiary/aromatic N) is 2. The minimum Gasteiger partial charge on any atom is -0.384 e. The molecular weight excluding hydrogens is 260 g/mol. The zero-order valence-electron chi connectivity index (χ0n) is 8.21. The van der Waals surface area contributed by atoms with Gasteiger partial charge in [0.1, 0.15) is 12.1 Å². The van der Waals surface area contributed by atoms with Crippen LogP contribution in [0, 0.1) is 11.8 Å². The standard InChI is InChI=1S/C10H8N2OS3/c13-3-1-2-8-4-9(14-5-8)6-15-10-12-11-7-16-10/h4-5,7,13H,3,6H2. The Kier molecular flexibility index (Phi) is 4.36. The number of aliphatic hydroxyl groups excluding tert-OH is 1. The third-order valence-electron chi connectivity index (χ3n) is 1.64. The van der Waals surface area contributed by atoms with Crippen molar-refractivity contribution in [1.82, 2.24) is 10.2 Å². The number of hydrogen-bond acceptors (Lipinski definition) is 6. The molecule has 82 valence electrons. The molecule has 2 aromatic rings. The highest BCUT2D eigenvalue weighted by Crippen LogP contribution is 2.26. The van der Waals surface area contributed by atoms with Crippen molar-refractivity contribution in [2.75, 3.05) is 6.61 Å². The summed E-state index contributed by atoms with van der Waals surface area (Å²) in [6.45, 7) is -0.0925. The molecule has 16 heavy (non-hydrogen) atoms. The average molecular weight is 268 g/mol. The summed E-state index contributed by atoms with van der Waals surface area (Å²) in [6.07, 6.45) is 0. The molecule has 0 fully saturated rings. The molecule has 0 bridgehead atoms. The van der Waals surface area contributed by atoms with Gasteiger partial charge in [-0.1, -0.05) is 34.9 Å². The van der Waals surface area contributed by atoms with Gasteiger partial charge in [-0.2, -0.15) is 0 Å². The lowest BCUT2D eigenvalue weighted by atomic mass is 10.3. The highest BCUT2D eigenvalue weighted by atomic mass is 32.2. The van der Waals surface area contributed by atoms with E-state index in [1.165, 1.54) is 4.88 Å². The van der Waals surface area contributed by atoms with Gasteiger partial charge < -0.3 is 5.11 Å². The quantitative estimate of drug-likeness (QED) is 0.685. The normalized spacial score (nSPS) is 9.81. The zero-order valence-corrected chi connectivity index (χ0v) is 10.7. The molecule has 0 amide bonds. The SMILES string of the molecule is OCC#Cc1csc(CSc2nncs2)c1. The lowest BCUT2D eigenvalue weighted by molar-refractivity contribution is 0.350. The molecule has 1 N–H and O–H groups in total. The van der Waals surface area contributed by atoms with Gasteiger partial charge in [0.2, 0.25) is 0 Å². The predicted molar refractivity (Wildman–Crippen MR) is 67.8 cm³/mol. The number of aliphatic hydroxyl groups is 1. The molecule has 0 aliphatic heterocycles. The molecule has 0 saturated carbocycles. The Bertz CT molecular complexity index is 496. The van der Waals surface area contributed by atoms with E-state index < -0.39 is 0 Å². The molecular formula is C10H8N2OS3. The monoisotopic (exact) mass is 268 g/mol. The maximum atomic E-state index is 8.57. The van der Waals surface area contributed by atoms with E-state index in [-0.39, 0.29) is 6.61 Å². The first-order valence-electron chi connectivity index (χ1n) is 4.44. The third-order valence-corrected chi connectivity index (χ3v) is 4.67. The zero-order chi connectivity index (χ0) is 11.2. The van der Waals surface area contributed by atoms with E-state index in [4.69, 9.17) is 5.11 Å². The van der Waals surface area contributed by atoms with Crippen LogP contribution in [-0.2, 0) is 5.75 Å². The van der Waals surface area contributed by atoms with E-state index in [1.54, 1.807) is 39.9 Å². The van der Waals surface area contributed by atoms with Gasteiger partial charge in [-0.25, -0.2) is 0 Å². The average Bonchev–Trinajstić information content (AvgIpc) is 2.95. The fourth-order valence-electron chi connectivity index (χ4n) is 1.02. The minimum absolute atomic E-state index is 0.0925. The maximum Gasteiger partial charge on any atom is 0.174 e. The molecule has 0 unspecified atom stereocenters. The number of hydrogen-bond donors (Lipinski definition) is 1. The van der Waals surface area contributed by atoms with Crippen molar-refractivity contribution in [3.05, 3.63) is 27.4 Å². The van der Waals surface area contributed by atoms with E-state index >= 15 is 0 Å². The predicted octanol–water partition coefficient (Wildman–Crippen LogP) is 2.24. The van der Waals surface area contributed by atoms with E-state index in [1.807, 2.05) is 11.4 Å². The second kappa shape index (κ2) is 6.01. The van der Waals surface area contributed by atoms with E-state index in [2.05, 4.69) is 22.0 Å². The summed E-state index contributed by atoms with van der Waals surface area (Å²) in [4.78, 5) is 1.25. The summed E-state index contributed by atoms with van der Waals surface area (Å²) < 4.78 is 0.983. The van der Waals surface area contributed by atoms with Gasteiger partial charge in [0, 0.05) is 21.6 Å². The van der Waals surface area contributed by atoms with Crippen LogP contribution in [0.5, 0.6) is 0 Å². The molecule has 6 heteroatoms. The van der Waals surface area contributed by atoms with Crippen LogP contribution in [-0.4, -0.2) is 21.9 Å². The van der Waals surface area contributed by atoms with Crippen molar-refractivity contribution < 1.29 is 5.11 Å². The second-order valence-corrected chi connectivity index (χ2v) is 5.81. The Morgan fingerprint density at radius 2 is 2.38 bits per heavy atom. The van der Waals surface area contributed by atoms with Crippen LogP contribution in [0.15, 0.2) is 21.3 Å². The number of thiophene rings is 1. The van der Waals surface area contributed by atoms with Crippen LogP contribution in [0.2, 0.25) is 0 Å². The second-order valence-electron chi connectivity index (χ2n) is 2.75. The highest BCUT2D eigenvalue weighted by molar-refractivity contribution is 8.00. The topological polar surface area (TPSA) is 46.0 Å². The summed E-state index contributed by atoms with van der Waals surface area (Å²) in [7, 11) is 0. The summed E-state index contributed by atoms with van der Waals surface area (Å²) >= 11 is 4.90. The smallest absolute Gasteiger partial charge is 0.174 e. The molecule has 0 spiro atoms. The van der Waals surface area contributed by atoms with Gasteiger partial charge in [-0.05, 0) is 6.07 Å². The van der Waals surface area contributed by atoms with Crippen molar-refractivity contribution >= 4 is 34.4 Å². The van der Waals surface area contributed by atoms with Gasteiger partial charge in [-0.3, -0.25) is 0 Å². The Morgan fingerprint density at radius 1 is 1.44 bits per heavy atom. The molecule has 0 atom stereocenters. The fraction of sp³-hybridized carbons (Fsp3) is 0.200. The summed E-state index contributed by atoms with van der Waals surface area (Å²) in [5.41, 5.74) is 2.70. The maximum absolute atomic E-state index is 8.57. The van der Waals surface area contributed by atoms with Gasteiger partial charge in [-0.15, -0.1) is 21.5 Å². The summed E-state index contributed by atoms with van der Waals surface area (Å²) in [6, 6.07) is 2.04. The molecule has 0 aliphatic rings. The Morgan fingerprint density at radius 3 is 3.12 bits per heavy atom. The minimum atomic E-state index is -0.0925. The third kappa shape index (κ3) is 3.32. The first-order chi connectivity index (χ1) is 7.88. The highest BCUT2D eigenvalue weighted by Gasteiger charge is 2.01. The summed E-state index contributed by atoms with van der Waals surface area (Å²) in [5.74, 6) is 6.41. The van der Waals surface area contributed by atoms with Crippen molar-refractivity contribution in [3.8, 4) is 11.8 Å². The van der Waals surface area contributed by atoms with Crippen molar-refractivity contribution in [2.24, 2.45) is 0 Å². The molecule has 3 nitrogen and oxygen atoms in total. The molecule has 2 aromatic heterocycles. The molecule has 0 aromatic carbocycles. The first-order valence-corrected chi connectivity index (χ1v) is 7.19. The number of thioether (sulfide) groups is 1. The van der Waals surface area contributed by atoms with Crippen LogP contribution < -0.4 is 0 Å².